The minimum Gasteiger partial charge on any atom is -0.462 e. The van der Waals surface area contributed by atoms with E-state index in [1.54, 1.807) is 0 Å². The standard InChI is InChI=1S/C35H67O8P/c1-3-5-7-9-11-13-14-15-16-17-18-19-20-21-22-24-26-28-30-35(37)43-33(32-42-44(38,39)40)31-41-34(36)29-27-25-23-12-10-8-6-4-2/h16-17,33H,3-15,18-32H2,1-2H3,(H2,38,39,40)/b17-16-. The highest BCUT2D eigenvalue weighted by Crippen LogP contribution is 2.36. The summed E-state index contributed by atoms with van der Waals surface area (Å²) < 4.78 is 26.2. The van der Waals surface area contributed by atoms with E-state index in [0.717, 1.165) is 44.9 Å². The lowest BCUT2D eigenvalue weighted by molar-refractivity contribution is -0.161. The quantitative estimate of drug-likeness (QED) is 0.0313. The van der Waals surface area contributed by atoms with Crippen LogP contribution in [-0.4, -0.2) is 41.0 Å². The van der Waals surface area contributed by atoms with E-state index in [1.807, 2.05) is 0 Å². The number of carbonyl (C=O) groups is 2. The highest BCUT2D eigenvalue weighted by Gasteiger charge is 2.22. The van der Waals surface area contributed by atoms with Crippen molar-refractivity contribution in [2.45, 2.75) is 187 Å². The number of allylic oxidation sites excluding steroid dienone is 2. The Morgan fingerprint density at radius 1 is 0.568 bits per heavy atom. The smallest absolute Gasteiger partial charge is 0.462 e. The molecule has 0 aliphatic rings. The maximum absolute atomic E-state index is 12.3. The van der Waals surface area contributed by atoms with E-state index in [0.29, 0.717) is 6.42 Å². The minimum absolute atomic E-state index is 0.210. The number of rotatable bonds is 33. The summed E-state index contributed by atoms with van der Waals surface area (Å²) in [7, 11) is -4.74. The molecule has 0 saturated carbocycles. The van der Waals surface area contributed by atoms with Gasteiger partial charge >= 0.3 is 19.8 Å². The van der Waals surface area contributed by atoms with Crippen LogP contribution in [-0.2, 0) is 28.2 Å². The lowest BCUT2D eigenvalue weighted by Crippen LogP contribution is -2.29. The Labute approximate surface area is 269 Å². The molecule has 8 nitrogen and oxygen atoms in total. The summed E-state index contributed by atoms with van der Waals surface area (Å²) >= 11 is 0. The van der Waals surface area contributed by atoms with E-state index in [4.69, 9.17) is 19.3 Å². The molecule has 0 aliphatic heterocycles. The van der Waals surface area contributed by atoms with Crippen LogP contribution in [0.4, 0.5) is 0 Å². The number of ether oxygens (including phenoxy) is 2. The van der Waals surface area contributed by atoms with Crippen molar-refractivity contribution >= 4 is 19.8 Å². The minimum atomic E-state index is -4.74. The molecular formula is C35H67O8P. The summed E-state index contributed by atoms with van der Waals surface area (Å²) in [5, 5.41) is 0. The van der Waals surface area contributed by atoms with Crippen molar-refractivity contribution in [1.29, 1.82) is 0 Å². The zero-order valence-corrected chi connectivity index (χ0v) is 29.2. The molecule has 0 aromatic heterocycles. The molecular weight excluding hydrogens is 579 g/mol. The predicted octanol–water partition coefficient (Wildman–Crippen LogP) is 10.3. The van der Waals surface area contributed by atoms with Crippen LogP contribution in [0.1, 0.15) is 181 Å². The third kappa shape index (κ3) is 33.7. The molecule has 0 amide bonds. The zero-order valence-electron chi connectivity index (χ0n) is 28.3. The Balaban J connectivity index is 3.91. The van der Waals surface area contributed by atoms with Crippen molar-refractivity contribution in [3.8, 4) is 0 Å². The summed E-state index contributed by atoms with van der Waals surface area (Å²) in [5.41, 5.74) is 0. The number of hydrogen-bond donors (Lipinski definition) is 2. The maximum atomic E-state index is 12.3. The van der Waals surface area contributed by atoms with E-state index in [1.165, 1.54) is 103 Å². The number of phosphoric ester groups is 1. The normalized spacial score (nSPS) is 12.5. The molecule has 260 valence electrons. The predicted molar refractivity (Wildman–Crippen MR) is 179 cm³/mol. The van der Waals surface area contributed by atoms with Gasteiger partial charge in [-0.05, 0) is 38.5 Å². The number of carbonyl (C=O) groups excluding carboxylic acids is 2. The van der Waals surface area contributed by atoms with Crippen LogP contribution in [0.5, 0.6) is 0 Å². The molecule has 0 fully saturated rings. The summed E-state index contributed by atoms with van der Waals surface area (Å²) in [6.07, 6.45) is 32.3. The van der Waals surface area contributed by atoms with E-state index in [9.17, 15) is 14.2 Å². The van der Waals surface area contributed by atoms with Gasteiger partial charge in [0, 0.05) is 12.8 Å². The van der Waals surface area contributed by atoms with Gasteiger partial charge in [0.15, 0.2) is 6.10 Å². The van der Waals surface area contributed by atoms with Gasteiger partial charge in [0.05, 0.1) is 6.61 Å². The highest BCUT2D eigenvalue weighted by molar-refractivity contribution is 7.46. The van der Waals surface area contributed by atoms with Crippen molar-refractivity contribution in [2.24, 2.45) is 0 Å². The van der Waals surface area contributed by atoms with Gasteiger partial charge in [-0.15, -0.1) is 0 Å². The SMILES string of the molecule is CCCCCCCCC/C=C\CCCCCCCCCC(=O)OC(COC(=O)CCCCCCCCCC)COP(=O)(O)O. The van der Waals surface area contributed by atoms with Crippen molar-refractivity contribution < 1.29 is 37.9 Å². The van der Waals surface area contributed by atoms with Crippen LogP contribution in [0.15, 0.2) is 12.2 Å². The summed E-state index contributed by atoms with van der Waals surface area (Å²) in [5.74, 6) is -0.889. The lowest BCUT2D eigenvalue weighted by Gasteiger charge is -2.18. The molecule has 0 aromatic rings. The average molecular weight is 647 g/mol. The van der Waals surface area contributed by atoms with Gasteiger partial charge < -0.3 is 19.3 Å². The number of unbranched alkanes of at least 4 members (excludes halogenated alkanes) is 21. The first kappa shape index (κ1) is 42.8. The molecule has 0 heterocycles. The molecule has 0 aromatic carbocycles. The molecule has 1 atom stereocenters. The Bertz CT molecular complexity index is 736. The Kier molecular flexibility index (Phi) is 30.9. The number of hydrogen-bond acceptors (Lipinski definition) is 6. The van der Waals surface area contributed by atoms with Gasteiger partial charge in [-0.2, -0.15) is 0 Å². The summed E-state index contributed by atoms with van der Waals surface area (Å²) in [6.45, 7) is 3.63. The molecule has 0 radical (unpaired) electrons. The van der Waals surface area contributed by atoms with Crippen LogP contribution in [0.2, 0.25) is 0 Å². The molecule has 44 heavy (non-hydrogen) atoms. The molecule has 1 unspecified atom stereocenters. The van der Waals surface area contributed by atoms with Gasteiger partial charge in [0.2, 0.25) is 0 Å². The van der Waals surface area contributed by atoms with Crippen LogP contribution in [0, 0.1) is 0 Å². The van der Waals surface area contributed by atoms with E-state index >= 15 is 0 Å². The molecule has 0 bridgehead atoms. The van der Waals surface area contributed by atoms with Crippen molar-refractivity contribution in [3.05, 3.63) is 12.2 Å². The first-order valence-electron chi connectivity index (χ1n) is 18.0. The number of esters is 2. The van der Waals surface area contributed by atoms with Crippen LogP contribution in [0.3, 0.4) is 0 Å². The van der Waals surface area contributed by atoms with Crippen molar-refractivity contribution in [3.63, 3.8) is 0 Å². The fraction of sp³-hybridized carbons (Fsp3) is 0.886. The fourth-order valence-corrected chi connectivity index (χ4v) is 5.43. The Morgan fingerprint density at radius 2 is 0.955 bits per heavy atom. The lowest BCUT2D eigenvalue weighted by atomic mass is 10.1. The monoisotopic (exact) mass is 646 g/mol. The van der Waals surface area contributed by atoms with E-state index < -0.39 is 32.5 Å². The Morgan fingerprint density at radius 3 is 1.39 bits per heavy atom. The van der Waals surface area contributed by atoms with Gasteiger partial charge in [0.25, 0.3) is 0 Å². The topological polar surface area (TPSA) is 119 Å². The van der Waals surface area contributed by atoms with Crippen LogP contribution >= 0.6 is 7.82 Å². The summed E-state index contributed by atoms with van der Waals surface area (Å²) in [4.78, 5) is 42.5. The van der Waals surface area contributed by atoms with Crippen molar-refractivity contribution in [2.75, 3.05) is 13.2 Å². The molecule has 0 spiro atoms. The molecule has 0 saturated heterocycles. The average Bonchev–Trinajstić information content (AvgIpc) is 2.98. The Hall–Kier alpha value is -1.21. The maximum Gasteiger partial charge on any atom is 0.469 e. The first-order valence-corrected chi connectivity index (χ1v) is 19.5. The second-order valence-corrected chi connectivity index (χ2v) is 13.4. The summed E-state index contributed by atoms with van der Waals surface area (Å²) in [6, 6.07) is 0. The van der Waals surface area contributed by atoms with Gasteiger partial charge in [-0.3, -0.25) is 14.1 Å². The van der Waals surface area contributed by atoms with Gasteiger partial charge in [-0.25, -0.2) is 4.57 Å². The van der Waals surface area contributed by atoms with Crippen LogP contribution < -0.4 is 0 Å². The molecule has 0 rings (SSSR count). The van der Waals surface area contributed by atoms with Crippen LogP contribution in [0.25, 0.3) is 0 Å². The third-order valence-corrected chi connectivity index (χ3v) is 8.27. The van der Waals surface area contributed by atoms with E-state index in [2.05, 4.69) is 30.5 Å². The highest BCUT2D eigenvalue weighted by atomic mass is 31.2. The largest absolute Gasteiger partial charge is 0.469 e. The van der Waals surface area contributed by atoms with Crippen molar-refractivity contribution in [1.82, 2.24) is 0 Å². The van der Waals surface area contributed by atoms with E-state index in [-0.39, 0.29) is 19.4 Å². The molecule has 2 N–H and O–H groups in total. The number of phosphoric acid groups is 1. The fourth-order valence-electron chi connectivity index (χ4n) is 5.07. The van der Waals surface area contributed by atoms with Gasteiger partial charge in [-0.1, -0.05) is 142 Å². The third-order valence-electron chi connectivity index (χ3n) is 7.78. The second kappa shape index (κ2) is 31.8. The second-order valence-electron chi connectivity index (χ2n) is 12.2. The molecule has 9 heteroatoms. The zero-order chi connectivity index (χ0) is 32.6. The van der Waals surface area contributed by atoms with Gasteiger partial charge in [0.1, 0.15) is 6.61 Å². The molecule has 0 aliphatic carbocycles. The first-order chi connectivity index (χ1) is 21.3.